The fraction of sp³-hybridized carbons (Fsp3) is 0.318. The first-order valence-electron chi connectivity index (χ1n) is 9.78. The van der Waals surface area contributed by atoms with Gasteiger partial charge in [0.15, 0.2) is 0 Å². The Balaban J connectivity index is 1.41. The van der Waals surface area contributed by atoms with Crippen LogP contribution in [0.15, 0.2) is 52.9 Å². The van der Waals surface area contributed by atoms with Crippen molar-refractivity contribution in [2.75, 3.05) is 18.1 Å². The lowest BCUT2D eigenvalue weighted by Crippen LogP contribution is -2.43. The van der Waals surface area contributed by atoms with Crippen molar-refractivity contribution in [3.8, 4) is 11.5 Å². The minimum atomic E-state index is -2.80. The third-order valence-corrected chi connectivity index (χ3v) is 5.88. The highest BCUT2D eigenvalue weighted by Gasteiger charge is 2.51. The van der Waals surface area contributed by atoms with E-state index in [1.165, 1.54) is 0 Å². The molecule has 1 saturated heterocycles. The molecule has 2 aromatic carbocycles. The standard InChI is InChI=1S/C22H19F2N3O3/c23-18(24)20-26-25-19(30-20)15-7-5-14(6-8-15)13-27-17-4-2-1-3-16(17)22(21(27)28)9-11-29-12-10-22/h1-8,18H,9-13H2. The lowest BCUT2D eigenvalue weighted by Gasteiger charge is -2.32. The first-order valence-corrected chi connectivity index (χ1v) is 9.78. The number of anilines is 1. The van der Waals surface area contributed by atoms with Gasteiger partial charge in [0.2, 0.25) is 11.8 Å². The summed E-state index contributed by atoms with van der Waals surface area (Å²) in [5.41, 5.74) is 2.96. The molecule has 1 amide bonds. The quantitative estimate of drug-likeness (QED) is 0.641. The van der Waals surface area contributed by atoms with Gasteiger partial charge in [-0.25, -0.2) is 0 Å². The van der Waals surface area contributed by atoms with Crippen LogP contribution in [0, 0.1) is 0 Å². The Kier molecular flexibility index (Phi) is 4.58. The maximum Gasteiger partial charge on any atom is 0.314 e. The minimum Gasteiger partial charge on any atom is -0.415 e. The molecule has 0 aliphatic carbocycles. The Bertz CT molecular complexity index is 1080. The number of hydrogen-bond donors (Lipinski definition) is 0. The monoisotopic (exact) mass is 411 g/mol. The number of carbonyl (C=O) groups is 1. The van der Waals surface area contributed by atoms with E-state index in [2.05, 4.69) is 10.2 Å². The molecule has 8 heteroatoms. The summed E-state index contributed by atoms with van der Waals surface area (Å²) in [5.74, 6) is -0.551. The van der Waals surface area contributed by atoms with Crippen LogP contribution in [-0.2, 0) is 21.5 Å². The zero-order valence-electron chi connectivity index (χ0n) is 16.1. The molecule has 0 N–H and O–H groups in total. The molecule has 0 unspecified atom stereocenters. The number of rotatable bonds is 4. The fourth-order valence-corrected chi connectivity index (χ4v) is 4.33. The molecule has 154 valence electrons. The Morgan fingerprint density at radius 1 is 1.03 bits per heavy atom. The second-order valence-corrected chi connectivity index (χ2v) is 7.55. The predicted octanol–water partition coefficient (Wildman–Crippen LogP) is 4.27. The summed E-state index contributed by atoms with van der Waals surface area (Å²) in [6.45, 7) is 1.58. The van der Waals surface area contributed by atoms with Gasteiger partial charge >= 0.3 is 6.43 Å². The average molecular weight is 411 g/mol. The summed E-state index contributed by atoms with van der Waals surface area (Å²) in [6, 6.07) is 15.1. The van der Waals surface area contributed by atoms with Crippen LogP contribution in [-0.4, -0.2) is 29.3 Å². The first kappa shape index (κ1) is 18.9. The van der Waals surface area contributed by atoms with Crippen LogP contribution in [0.25, 0.3) is 11.5 Å². The van der Waals surface area contributed by atoms with Gasteiger partial charge in [-0.2, -0.15) is 8.78 Å². The average Bonchev–Trinajstić information content (AvgIpc) is 3.35. The van der Waals surface area contributed by atoms with Crippen molar-refractivity contribution in [3.05, 3.63) is 65.5 Å². The molecule has 6 nitrogen and oxygen atoms in total. The van der Waals surface area contributed by atoms with Crippen molar-refractivity contribution in [2.24, 2.45) is 0 Å². The number of hydrogen-bond acceptors (Lipinski definition) is 5. The van der Waals surface area contributed by atoms with Crippen molar-refractivity contribution in [2.45, 2.75) is 31.2 Å². The molecule has 5 rings (SSSR count). The van der Waals surface area contributed by atoms with E-state index in [1.54, 1.807) is 12.1 Å². The van der Waals surface area contributed by atoms with Gasteiger partial charge in [0, 0.05) is 24.5 Å². The lowest BCUT2D eigenvalue weighted by atomic mass is 9.75. The van der Waals surface area contributed by atoms with Crippen LogP contribution in [0.3, 0.4) is 0 Å². The molecule has 0 bridgehead atoms. The van der Waals surface area contributed by atoms with Gasteiger partial charge in [-0.1, -0.05) is 30.3 Å². The number of fused-ring (bicyclic) bond motifs is 2. The smallest absolute Gasteiger partial charge is 0.314 e. The minimum absolute atomic E-state index is 0.0422. The Hall–Kier alpha value is -3.13. The number of halogens is 2. The lowest BCUT2D eigenvalue weighted by molar-refractivity contribution is -0.126. The van der Waals surface area contributed by atoms with Crippen molar-refractivity contribution >= 4 is 11.6 Å². The van der Waals surface area contributed by atoms with Gasteiger partial charge in [-0.15, -0.1) is 10.2 Å². The van der Waals surface area contributed by atoms with Crippen LogP contribution < -0.4 is 4.90 Å². The number of carbonyl (C=O) groups excluding carboxylic acids is 1. The van der Waals surface area contributed by atoms with Crippen LogP contribution in [0.5, 0.6) is 0 Å². The van der Waals surface area contributed by atoms with Crippen molar-refractivity contribution < 1.29 is 22.7 Å². The Morgan fingerprint density at radius 2 is 1.77 bits per heavy atom. The molecule has 2 aliphatic rings. The van der Waals surface area contributed by atoms with E-state index in [0.717, 1.165) is 16.8 Å². The molecule has 1 spiro atoms. The van der Waals surface area contributed by atoms with Crippen molar-refractivity contribution in [1.82, 2.24) is 10.2 Å². The van der Waals surface area contributed by atoms with Crippen LogP contribution in [0.2, 0.25) is 0 Å². The number of aromatic nitrogens is 2. The molecule has 1 fully saturated rings. The normalized spacial score (nSPS) is 17.7. The van der Waals surface area contributed by atoms with Crippen LogP contribution in [0.1, 0.15) is 36.3 Å². The van der Waals surface area contributed by atoms with Gasteiger partial charge < -0.3 is 14.1 Å². The third kappa shape index (κ3) is 2.99. The molecule has 0 saturated carbocycles. The Morgan fingerprint density at radius 3 is 2.47 bits per heavy atom. The zero-order chi connectivity index (χ0) is 20.7. The van der Waals surface area contributed by atoms with E-state index < -0.39 is 17.7 Å². The van der Waals surface area contributed by atoms with Crippen LogP contribution in [0.4, 0.5) is 14.5 Å². The summed E-state index contributed by atoms with van der Waals surface area (Å²) in [4.78, 5) is 15.3. The number of alkyl halides is 2. The molecule has 0 radical (unpaired) electrons. The van der Waals surface area contributed by atoms with E-state index in [0.29, 0.717) is 38.2 Å². The number of amides is 1. The molecular weight excluding hydrogens is 392 g/mol. The predicted molar refractivity (Wildman–Crippen MR) is 104 cm³/mol. The molecule has 1 aromatic heterocycles. The summed E-state index contributed by atoms with van der Waals surface area (Å²) >= 11 is 0. The van der Waals surface area contributed by atoms with E-state index in [-0.39, 0.29) is 11.8 Å². The highest BCUT2D eigenvalue weighted by Crippen LogP contribution is 2.48. The number of para-hydroxylation sites is 1. The SMILES string of the molecule is O=C1N(Cc2ccc(-c3nnc(C(F)F)o3)cc2)c2ccccc2C12CCOCC2. The number of ether oxygens (including phenoxy) is 1. The molecule has 3 heterocycles. The third-order valence-electron chi connectivity index (χ3n) is 5.88. The summed E-state index contributed by atoms with van der Waals surface area (Å²) in [5, 5.41) is 7.02. The summed E-state index contributed by atoms with van der Waals surface area (Å²) in [7, 11) is 0. The summed E-state index contributed by atoms with van der Waals surface area (Å²) in [6.07, 6.45) is -1.44. The first-order chi connectivity index (χ1) is 14.6. The maximum atomic E-state index is 13.5. The van der Waals surface area contributed by atoms with E-state index >= 15 is 0 Å². The highest BCUT2D eigenvalue weighted by molar-refractivity contribution is 6.08. The highest BCUT2D eigenvalue weighted by atomic mass is 19.3. The molecule has 30 heavy (non-hydrogen) atoms. The van der Waals surface area contributed by atoms with Gasteiger partial charge in [0.05, 0.1) is 12.0 Å². The van der Waals surface area contributed by atoms with Crippen molar-refractivity contribution in [3.63, 3.8) is 0 Å². The number of benzene rings is 2. The number of nitrogens with zero attached hydrogens (tertiary/aromatic N) is 3. The molecule has 2 aliphatic heterocycles. The van der Waals surface area contributed by atoms with Crippen molar-refractivity contribution in [1.29, 1.82) is 0 Å². The van der Waals surface area contributed by atoms with Gasteiger partial charge in [0.1, 0.15) is 0 Å². The fourth-order valence-electron chi connectivity index (χ4n) is 4.33. The van der Waals surface area contributed by atoms with E-state index in [9.17, 15) is 13.6 Å². The zero-order valence-corrected chi connectivity index (χ0v) is 16.1. The second-order valence-electron chi connectivity index (χ2n) is 7.55. The van der Waals surface area contributed by atoms with Gasteiger partial charge in [0.25, 0.3) is 5.89 Å². The largest absolute Gasteiger partial charge is 0.415 e. The molecule has 0 atom stereocenters. The van der Waals surface area contributed by atoms with Gasteiger partial charge in [-0.05, 0) is 42.2 Å². The van der Waals surface area contributed by atoms with E-state index in [4.69, 9.17) is 9.15 Å². The Labute approximate surface area is 171 Å². The maximum absolute atomic E-state index is 13.5. The molecular formula is C22H19F2N3O3. The second kappa shape index (κ2) is 7.28. The van der Waals surface area contributed by atoms with E-state index in [1.807, 2.05) is 41.3 Å². The molecule has 3 aromatic rings. The summed E-state index contributed by atoms with van der Waals surface area (Å²) < 4.78 is 35.8. The topological polar surface area (TPSA) is 68.5 Å². The van der Waals surface area contributed by atoms with Gasteiger partial charge in [-0.3, -0.25) is 4.79 Å². The van der Waals surface area contributed by atoms with Crippen LogP contribution >= 0.6 is 0 Å².